The van der Waals surface area contributed by atoms with Gasteiger partial charge in [-0.2, -0.15) is 5.10 Å². The first-order chi connectivity index (χ1) is 11.6. The topological polar surface area (TPSA) is 69.8 Å². The molecule has 0 unspecified atom stereocenters. The summed E-state index contributed by atoms with van der Waals surface area (Å²) >= 11 is 7.00. The number of hydrogen-bond donors (Lipinski definition) is 3. The maximum atomic E-state index is 12.5. The van der Waals surface area contributed by atoms with Crippen LogP contribution in [-0.4, -0.2) is 34.8 Å². The number of H-pyrrole nitrogens is 1. The lowest BCUT2D eigenvalue weighted by Gasteiger charge is -2.14. The number of fused-ring (bicyclic) bond motifs is 1. The smallest absolute Gasteiger partial charge is 0.276 e. The van der Waals surface area contributed by atoms with E-state index in [9.17, 15) is 13.6 Å². The fourth-order valence-corrected chi connectivity index (χ4v) is 3.61. The molecule has 2 heterocycles. The lowest BCUT2D eigenvalue weighted by molar-refractivity contribution is 0.102. The summed E-state index contributed by atoms with van der Waals surface area (Å²) in [6.07, 6.45) is -1.68. The summed E-state index contributed by atoms with van der Waals surface area (Å²) in [4.78, 5) is 13.0. The minimum Gasteiger partial charge on any atom is -0.319 e. The van der Waals surface area contributed by atoms with E-state index in [1.807, 2.05) is 0 Å². The maximum Gasteiger partial charge on any atom is 0.276 e. The highest BCUT2D eigenvalue weighted by molar-refractivity contribution is 7.99. The van der Waals surface area contributed by atoms with E-state index in [2.05, 4.69) is 20.8 Å². The fourth-order valence-electron chi connectivity index (χ4n) is 2.49. The molecule has 136 valence electrons. The predicted molar refractivity (Wildman–Crippen MR) is 97.4 cm³/mol. The number of benzene rings is 1. The van der Waals surface area contributed by atoms with E-state index in [-0.39, 0.29) is 12.4 Å². The van der Waals surface area contributed by atoms with E-state index in [4.69, 9.17) is 11.6 Å². The van der Waals surface area contributed by atoms with Gasteiger partial charge in [0.2, 0.25) is 6.43 Å². The van der Waals surface area contributed by atoms with E-state index in [0.29, 0.717) is 27.8 Å². The number of nitrogens with one attached hydrogen (secondary N) is 3. The molecule has 25 heavy (non-hydrogen) atoms. The van der Waals surface area contributed by atoms with E-state index in [1.165, 1.54) is 0 Å². The Morgan fingerprint density at radius 2 is 2.24 bits per heavy atom. The lowest BCUT2D eigenvalue weighted by atomic mass is 10.1. The molecule has 5 nitrogen and oxygen atoms in total. The van der Waals surface area contributed by atoms with Crippen molar-refractivity contribution in [1.29, 1.82) is 0 Å². The Balaban J connectivity index is 0.00000225. The average Bonchev–Trinajstić information content (AvgIpc) is 2.98. The van der Waals surface area contributed by atoms with Crippen molar-refractivity contribution in [2.75, 3.05) is 17.6 Å². The molecule has 0 spiro atoms. The molecule has 0 saturated heterocycles. The second-order valence-corrected chi connectivity index (χ2v) is 6.67. The third kappa shape index (κ3) is 4.63. The summed E-state index contributed by atoms with van der Waals surface area (Å²) < 4.78 is 25.0. The zero-order valence-corrected chi connectivity index (χ0v) is 15.3. The number of aromatic nitrogens is 2. The van der Waals surface area contributed by atoms with Crippen molar-refractivity contribution in [3.8, 4) is 0 Å². The van der Waals surface area contributed by atoms with Crippen LogP contribution in [0.3, 0.4) is 0 Å². The van der Waals surface area contributed by atoms with Crippen LogP contribution in [0.2, 0.25) is 5.02 Å². The van der Waals surface area contributed by atoms with Gasteiger partial charge in [0.15, 0.2) is 5.69 Å². The third-order valence-corrected chi connectivity index (χ3v) is 5.16. The summed E-state index contributed by atoms with van der Waals surface area (Å²) in [7, 11) is 0. The monoisotopic (exact) mass is 408 g/mol. The summed E-state index contributed by atoms with van der Waals surface area (Å²) in [5, 5.41) is 13.2. The number of anilines is 1. The molecule has 2 aromatic rings. The Labute approximate surface area is 158 Å². The minimum absolute atomic E-state index is 0. The van der Waals surface area contributed by atoms with Gasteiger partial charge in [-0.25, -0.2) is 8.78 Å². The maximum absolute atomic E-state index is 12.5. The highest BCUT2D eigenvalue weighted by Gasteiger charge is 2.22. The molecule has 0 radical (unpaired) electrons. The van der Waals surface area contributed by atoms with Gasteiger partial charge in [-0.3, -0.25) is 9.89 Å². The molecule has 1 aromatic heterocycles. The normalized spacial score (nSPS) is 13.3. The van der Waals surface area contributed by atoms with Crippen molar-refractivity contribution in [3.05, 3.63) is 40.2 Å². The molecule has 0 saturated carbocycles. The van der Waals surface area contributed by atoms with Crippen molar-refractivity contribution in [1.82, 2.24) is 15.5 Å². The molecule has 1 amide bonds. The van der Waals surface area contributed by atoms with Gasteiger partial charge >= 0.3 is 0 Å². The highest BCUT2D eigenvalue weighted by Crippen LogP contribution is 2.35. The van der Waals surface area contributed by atoms with Crippen LogP contribution in [0.25, 0.3) is 0 Å². The second kappa shape index (κ2) is 8.84. The number of hydrogen-bond acceptors (Lipinski definition) is 4. The van der Waals surface area contributed by atoms with Crippen molar-refractivity contribution < 1.29 is 13.6 Å². The van der Waals surface area contributed by atoms with Crippen LogP contribution in [0, 0.1) is 0 Å². The second-order valence-electron chi connectivity index (χ2n) is 5.23. The van der Waals surface area contributed by atoms with Crippen molar-refractivity contribution >= 4 is 47.4 Å². The van der Waals surface area contributed by atoms with E-state index in [1.54, 1.807) is 18.2 Å². The van der Waals surface area contributed by atoms with Crippen molar-refractivity contribution in [3.63, 3.8) is 0 Å². The van der Waals surface area contributed by atoms with Gasteiger partial charge in [0.25, 0.3) is 5.91 Å². The number of carbonyl (C=O) groups is 1. The van der Waals surface area contributed by atoms with Gasteiger partial charge in [-0.1, -0.05) is 17.7 Å². The quantitative estimate of drug-likeness (QED) is 0.659. The van der Waals surface area contributed by atoms with Gasteiger partial charge in [0.05, 0.1) is 16.5 Å². The predicted octanol–water partition coefficient (Wildman–Crippen LogP) is 3.74. The van der Waals surface area contributed by atoms with Crippen molar-refractivity contribution in [2.24, 2.45) is 0 Å². The average molecular weight is 409 g/mol. The highest BCUT2D eigenvalue weighted by atomic mass is 35.5. The molecule has 0 fully saturated rings. The molecule has 3 N–H and O–H groups in total. The Bertz CT molecular complexity index is 757. The zero-order chi connectivity index (χ0) is 17.1. The molecule has 1 aliphatic heterocycles. The van der Waals surface area contributed by atoms with Crippen LogP contribution in [0.5, 0.6) is 0 Å². The standard InChI is InChI=1S/C15H15ClF2N4OS.ClH/c16-9-2-1-3-11(14(9)24-7-12(17)18)20-15(23)13-8-6-19-5-4-10(8)21-22-13;/h1-3,12,19H,4-7H2,(H,20,23)(H,21,22);1H. The lowest BCUT2D eigenvalue weighted by Crippen LogP contribution is -2.25. The van der Waals surface area contributed by atoms with Crippen LogP contribution in [-0.2, 0) is 13.0 Å². The number of rotatable bonds is 5. The molecule has 0 bridgehead atoms. The SMILES string of the molecule is Cl.O=C(Nc1cccc(Cl)c1SCC(F)F)c1n[nH]c2c1CNCC2. The fraction of sp³-hybridized carbons (Fsp3) is 0.333. The molecular formula is C15H16Cl2F2N4OS. The number of thioether (sulfide) groups is 1. The van der Waals surface area contributed by atoms with Crippen LogP contribution in [0.4, 0.5) is 14.5 Å². The number of nitrogens with zero attached hydrogens (tertiary/aromatic N) is 1. The zero-order valence-electron chi connectivity index (χ0n) is 12.9. The molecular weight excluding hydrogens is 393 g/mol. The largest absolute Gasteiger partial charge is 0.319 e. The Kier molecular flexibility index (Phi) is 7.06. The number of amides is 1. The van der Waals surface area contributed by atoms with Crippen molar-refractivity contribution in [2.45, 2.75) is 24.3 Å². The number of aromatic amines is 1. The molecule has 3 rings (SSSR count). The summed E-state index contributed by atoms with van der Waals surface area (Å²) in [6, 6.07) is 4.90. The van der Waals surface area contributed by atoms with Gasteiger partial charge in [-0.15, -0.1) is 24.2 Å². The molecule has 10 heteroatoms. The van der Waals surface area contributed by atoms with Crippen LogP contribution in [0.15, 0.2) is 23.1 Å². The van der Waals surface area contributed by atoms with Crippen LogP contribution < -0.4 is 10.6 Å². The van der Waals surface area contributed by atoms with E-state index in [0.717, 1.165) is 36.0 Å². The first-order valence-electron chi connectivity index (χ1n) is 7.34. The van der Waals surface area contributed by atoms with E-state index < -0.39 is 18.1 Å². The van der Waals surface area contributed by atoms with Gasteiger partial charge in [0, 0.05) is 35.7 Å². The minimum atomic E-state index is -2.46. The van der Waals surface area contributed by atoms with Gasteiger partial charge in [-0.05, 0) is 12.1 Å². The molecule has 1 aliphatic rings. The summed E-state index contributed by atoms with van der Waals surface area (Å²) in [5.41, 5.74) is 2.49. The van der Waals surface area contributed by atoms with E-state index >= 15 is 0 Å². The van der Waals surface area contributed by atoms with Gasteiger partial charge in [0.1, 0.15) is 0 Å². The first-order valence-corrected chi connectivity index (χ1v) is 8.70. The van der Waals surface area contributed by atoms with Gasteiger partial charge < -0.3 is 10.6 Å². The summed E-state index contributed by atoms with van der Waals surface area (Å²) in [6.45, 7) is 1.40. The number of halogens is 4. The van der Waals surface area contributed by atoms with Crippen LogP contribution >= 0.6 is 35.8 Å². The molecule has 0 atom stereocenters. The summed E-state index contributed by atoms with van der Waals surface area (Å²) in [5.74, 6) is -0.786. The third-order valence-electron chi connectivity index (χ3n) is 3.59. The Morgan fingerprint density at radius 1 is 1.44 bits per heavy atom. The molecule has 0 aliphatic carbocycles. The van der Waals surface area contributed by atoms with Crippen LogP contribution in [0.1, 0.15) is 21.7 Å². The molecule has 1 aromatic carbocycles. The Hall–Kier alpha value is -1.35. The number of alkyl halides is 2. The Morgan fingerprint density at radius 3 is 3.00 bits per heavy atom. The number of carbonyl (C=O) groups excluding carboxylic acids is 1. The first kappa shape index (κ1) is 20.0.